The van der Waals surface area contributed by atoms with E-state index in [1.165, 1.54) is 4.68 Å². The maximum Gasteiger partial charge on any atom is 0.355 e. The number of nitrogens with zero attached hydrogens (tertiary/aromatic N) is 3. The van der Waals surface area contributed by atoms with Crippen LogP contribution in [-0.2, 0) is 6.42 Å². The van der Waals surface area contributed by atoms with Crippen LogP contribution in [0.4, 0.5) is 0 Å². The molecule has 3 rings (SSSR count). The number of hydrogen-bond donors (Lipinski definition) is 1. The Balaban J connectivity index is 2.12. The molecule has 8 heteroatoms. The second kappa shape index (κ2) is 6.18. The van der Waals surface area contributed by atoms with Gasteiger partial charge in [0, 0.05) is 23.3 Å². The van der Waals surface area contributed by atoms with Gasteiger partial charge < -0.3 is 9.84 Å². The molecule has 0 bridgehead atoms. The summed E-state index contributed by atoms with van der Waals surface area (Å²) in [5.41, 5.74) is 0.608. The SMILES string of the molecule is CCc1c(OC2CSC2)nn(-c2ncccc2Cl)c1C(=O)O. The molecule has 0 radical (unpaired) electrons. The van der Waals surface area contributed by atoms with E-state index in [1.807, 2.05) is 6.92 Å². The van der Waals surface area contributed by atoms with Crippen molar-refractivity contribution in [2.45, 2.75) is 19.4 Å². The molecule has 0 spiro atoms. The first-order valence-corrected chi connectivity index (χ1v) is 8.35. The minimum absolute atomic E-state index is 0.0464. The van der Waals surface area contributed by atoms with Crippen LogP contribution in [0.1, 0.15) is 23.0 Å². The molecule has 0 amide bonds. The highest BCUT2D eigenvalue weighted by Gasteiger charge is 2.29. The van der Waals surface area contributed by atoms with Crippen molar-refractivity contribution < 1.29 is 14.6 Å². The van der Waals surface area contributed by atoms with Gasteiger partial charge in [0.15, 0.2) is 11.5 Å². The standard InChI is InChI=1S/C14H14ClN3O3S/c1-2-9-11(14(19)20)18(12-10(15)4-3-5-16-12)17-13(9)21-8-6-22-7-8/h3-5,8H,2,6-7H2,1H3,(H,19,20). The van der Waals surface area contributed by atoms with Crippen LogP contribution in [0, 0.1) is 0 Å². The molecule has 6 nitrogen and oxygen atoms in total. The lowest BCUT2D eigenvalue weighted by molar-refractivity contribution is 0.0685. The Morgan fingerprint density at radius 3 is 2.91 bits per heavy atom. The predicted molar refractivity (Wildman–Crippen MR) is 84.4 cm³/mol. The van der Waals surface area contributed by atoms with Gasteiger partial charge in [0.05, 0.1) is 5.02 Å². The van der Waals surface area contributed by atoms with Gasteiger partial charge in [-0.15, -0.1) is 5.10 Å². The molecule has 0 saturated carbocycles. The van der Waals surface area contributed by atoms with Crippen LogP contribution in [0.5, 0.6) is 5.88 Å². The van der Waals surface area contributed by atoms with Gasteiger partial charge in [-0.25, -0.2) is 14.5 Å². The zero-order valence-corrected chi connectivity index (χ0v) is 13.4. The molecule has 1 N–H and O–H groups in total. The van der Waals surface area contributed by atoms with Gasteiger partial charge in [0.2, 0.25) is 5.88 Å². The Hall–Kier alpha value is -1.73. The van der Waals surface area contributed by atoms with Crippen molar-refractivity contribution in [3.05, 3.63) is 34.6 Å². The zero-order chi connectivity index (χ0) is 15.7. The Kier molecular flexibility index (Phi) is 4.26. The largest absolute Gasteiger partial charge is 0.476 e. The van der Waals surface area contributed by atoms with Crippen molar-refractivity contribution in [3.8, 4) is 11.7 Å². The number of carboxylic acids is 1. The minimum Gasteiger partial charge on any atom is -0.476 e. The third-order valence-electron chi connectivity index (χ3n) is 3.33. The van der Waals surface area contributed by atoms with E-state index in [-0.39, 0.29) is 17.6 Å². The van der Waals surface area contributed by atoms with Crippen LogP contribution in [0.15, 0.2) is 18.3 Å². The molecule has 0 unspecified atom stereocenters. The number of halogens is 1. The molecular weight excluding hydrogens is 326 g/mol. The number of rotatable bonds is 5. The number of ether oxygens (including phenoxy) is 1. The Labute approximate surface area is 136 Å². The Morgan fingerprint density at radius 2 is 2.36 bits per heavy atom. The second-order valence-electron chi connectivity index (χ2n) is 4.79. The molecule has 1 fully saturated rings. The summed E-state index contributed by atoms with van der Waals surface area (Å²) in [5.74, 6) is 1.34. The molecule has 3 heterocycles. The quantitative estimate of drug-likeness (QED) is 0.902. The average molecular weight is 340 g/mol. The van der Waals surface area contributed by atoms with Crippen molar-refractivity contribution in [1.82, 2.24) is 14.8 Å². The monoisotopic (exact) mass is 339 g/mol. The normalized spacial score (nSPS) is 14.6. The van der Waals surface area contributed by atoms with E-state index < -0.39 is 5.97 Å². The van der Waals surface area contributed by atoms with E-state index in [0.717, 1.165) is 11.5 Å². The summed E-state index contributed by atoms with van der Waals surface area (Å²) in [4.78, 5) is 15.8. The number of carbonyl (C=O) groups is 1. The second-order valence-corrected chi connectivity index (χ2v) is 6.27. The smallest absolute Gasteiger partial charge is 0.355 e. The van der Waals surface area contributed by atoms with Gasteiger partial charge in [0.1, 0.15) is 6.10 Å². The molecule has 2 aromatic rings. The van der Waals surface area contributed by atoms with Gasteiger partial charge in [0.25, 0.3) is 0 Å². The summed E-state index contributed by atoms with van der Waals surface area (Å²) >= 11 is 7.91. The molecule has 2 aromatic heterocycles. The number of thioether (sulfide) groups is 1. The zero-order valence-electron chi connectivity index (χ0n) is 11.8. The Morgan fingerprint density at radius 1 is 1.59 bits per heavy atom. The minimum atomic E-state index is -1.08. The molecule has 22 heavy (non-hydrogen) atoms. The van der Waals surface area contributed by atoms with Gasteiger partial charge >= 0.3 is 5.97 Å². The summed E-state index contributed by atoms with van der Waals surface area (Å²) in [5, 5.41) is 14.2. The molecule has 116 valence electrons. The summed E-state index contributed by atoms with van der Waals surface area (Å²) in [6, 6.07) is 3.32. The molecule has 0 atom stereocenters. The lowest BCUT2D eigenvalue weighted by atomic mass is 10.2. The van der Waals surface area contributed by atoms with Crippen LogP contribution in [0.25, 0.3) is 5.82 Å². The topological polar surface area (TPSA) is 77.2 Å². The third kappa shape index (κ3) is 2.66. The van der Waals surface area contributed by atoms with E-state index in [2.05, 4.69) is 10.1 Å². The molecule has 1 saturated heterocycles. The first-order chi connectivity index (χ1) is 10.6. The van der Waals surface area contributed by atoms with Crippen molar-refractivity contribution in [1.29, 1.82) is 0 Å². The number of hydrogen-bond acceptors (Lipinski definition) is 5. The van der Waals surface area contributed by atoms with E-state index in [9.17, 15) is 9.90 Å². The van der Waals surface area contributed by atoms with E-state index in [0.29, 0.717) is 22.9 Å². The first-order valence-electron chi connectivity index (χ1n) is 6.82. The molecular formula is C14H14ClN3O3S. The summed E-state index contributed by atoms with van der Waals surface area (Å²) < 4.78 is 7.07. The first kappa shape index (κ1) is 15.2. The number of aromatic nitrogens is 3. The van der Waals surface area contributed by atoms with Crippen molar-refractivity contribution in [2.75, 3.05) is 11.5 Å². The van der Waals surface area contributed by atoms with Gasteiger partial charge in [-0.2, -0.15) is 11.8 Å². The number of pyridine rings is 1. The third-order valence-corrected chi connectivity index (χ3v) is 4.84. The lowest BCUT2D eigenvalue weighted by Crippen LogP contribution is -2.31. The van der Waals surface area contributed by atoms with Crippen LogP contribution >= 0.6 is 23.4 Å². The fraction of sp³-hybridized carbons (Fsp3) is 0.357. The highest BCUT2D eigenvalue weighted by atomic mass is 35.5. The van der Waals surface area contributed by atoms with E-state index in [1.54, 1.807) is 30.1 Å². The fourth-order valence-electron chi connectivity index (χ4n) is 2.19. The molecule has 1 aliphatic rings. The summed E-state index contributed by atoms with van der Waals surface area (Å²) in [7, 11) is 0. The summed E-state index contributed by atoms with van der Waals surface area (Å²) in [6.07, 6.45) is 2.13. The van der Waals surface area contributed by atoms with Crippen LogP contribution in [0.3, 0.4) is 0 Å². The maximum atomic E-state index is 11.7. The highest BCUT2D eigenvalue weighted by Crippen LogP contribution is 2.30. The summed E-state index contributed by atoms with van der Waals surface area (Å²) in [6.45, 7) is 1.87. The van der Waals surface area contributed by atoms with Gasteiger partial charge in [-0.3, -0.25) is 0 Å². The Bertz CT molecular complexity index is 715. The van der Waals surface area contributed by atoms with Crippen molar-refractivity contribution in [3.63, 3.8) is 0 Å². The fourth-order valence-corrected chi connectivity index (χ4v) is 2.96. The maximum absolute atomic E-state index is 11.7. The van der Waals surface area contributed by atoms with E-state index >= 15 is 0 Å². The van der Waals surface area contributed by atoms with Crippen molar-refractivity contribution in [2.24, 2.45) is 0 Å². The van der Waals surface area contributed by atoms with Crippen molar-refractivity contribution >= 4 is 29.3 Å². The average Bonchev–Trinajstić information content (AvgIpc) is 2.81. The predicted octanol–water partition coefficient (Wildman–Crippen LogP) is 2.68. The van der Waals surface area contributed by atoms with Crippen LogP contribution < -0.4 is 4.74 Å². The number of carboxylic acid groups (broad SMARTS) is 1. The van der Waals surface area contributed by atoms with Gasteiger partial charge in [-0.05, 0) is 18.6 Å². The lowest BCUT2D eigenvalue weighted by Gasteiger charge is -2.24. The molecule has 1 aliphatic heterocycles. The number of aromatic carboxylic acids is 1. The van der Waals surface area contributed by atoms with Gasteiger partial charge in [-0.1, -0.05) is 18.5 Å². The highest BCUT2D eigenvalue weighted by molar-refractivity contribution is 8.00. The van der Waals surface area contributed by atoms with Crippen LogP contribution in [0.2, 0.25) is 5.02 Å². The molecule has 0 aromatic carbocycles. The molecule has 0 aliphatic carbocycles. The van der Waals surface area contributed by atoms with E-state index in [4.69, 9.17) is 16.3 Å². The van der Waals surface area contributed by atoms with Crippen LogP contribution in [-0.4, -0.2) is 43.4 Å².